The van der Waals surface area contributed by atoms with Crippen LogP contribution in [0.1, 0.15) is 98.5 Å². The van der Waals surface area contributed by atoms with Gasteiger partial charge in [-0.05, 0) is 57.5 Å². The molecule has 0 aliphatic carbocycles. The summed E-state index contributed by atoms with van der Waals surface area (Å²) in [6.07, 6.45) is 8.07. The van der Waals surface area contributed by atoms with Crippen molar-refractivity contribution in [2.24, 2.45) is 0 Å². The number of nitriles is 1. The first kappa shape index (κ1) is 50.7. The average Bonchev–Trinajstić information content (AvgIpc) is 3.20. The maximum Gasteiger partial charge on any atom is 0.116 e. The van der Waals surface area contributed by atoms with Crippen molar-refractivity contribution in [3.05, 3.63) is 138 Å². The molecule has 4 aromatic heterocycles. The van der Waals surface area contributed by atoms with Crippen molar-refractivity contribution < 1.29 is 0 Å². The van der Waals surface area contributed by atoms with Crippen molar-refractivity contribution in [1.82, 2.24) is 34.9 Å². The number of hydrogen-bond donors (Lipinski definition) is 0. The molecule has 0 aliphatic rings. The van der Waals surface area contributed by atoms with Crippen LogP contribution in [0.25, 0.3) is 32.7 Å². The van der Waals surface area contributed by atoms with Crippen molar-refractivity contribution in [3.8, 4) is 6.07 Å². The predicted molar refractivity (Wildman–Crippen MR) is 225 cm³/mol. The molecule has 0 N–H and O–H groups in total. The van der Waals surface area contributed by atoms with E-state index < -0.39 is 0 Å². The summed E-state index contributed by atoms with van der Waals surface area (Å²) in [5.74, 6) is 0. The first-order valence-corrected chi connectivity index (χ1v) is 17.3. The summed E-state index contributed by atoms with van der Waals surface area (Å²) in [5, 5.41) is 12.1. The zero-order valence-electron chi connectivity index (χ0n) is 32.0. The Morgan fingerprint density at radius 2 is 0.865 bits per heavy atom. The molecule has 0 spiro atoms. The molecular formula is C44H62N8. The van der Waals surface area contributed by atoms with E-state index in [0.717, 1.165) is 55.4 Å². The molecule has 52 heavy (non-hydrogen) atoms. The molecule has 0 saturated heterocycles. The number of fused-ring (bicyclic) bond motifs is 3. The second-order valence-electron chi connectivity index (χ2n) is 9.23. The Bertz CT molecular complexity index is 1860. The van der Waals surface area contributed by atoms with E-state index in [1.165, 1.54) is 6.33 Å². The van der Waals surface area contributed by atoms with Crippen molar-refractivity contribution in [2.45, 2.75) is 97.9 Å². The first-order valence-electron chi connectivity index (χ1n) is 17.3. The van der Waals surface area contributed by atoms with E-state index >= 15 is 0 Å². The summed E-state index contributed by atoms with van der Waals surface area (Å²) in [6, 6.07) is 27.8. The molecule has 278 valence electrons. The van der Waals surface area contributed by atoms with Gasteiger partial charge in [0.25, 0.3) is 0 Å². The van der Waals surface area contributed by atoms with Gasteiger partial charge in [-0.1, -0.05) is 125 Å². The molecule has 0 bridgehead atoms. The van der Waals surface area contributed by atoms with Crippen LogP contribution in [0.4, 0.5) is 0 Å². The lowest BCUT2D eigenvalue weighted by molar-refractivity contribution is 1.10. The van der Waals surface area contributed by atoms with E-state index in [9.17, 15) is 0 Å². The number of para-hydroxylation sites is 3. The number of hydrogen-bond acceptors (Lipinski definition) is 8. The van der Waals surface area contributed by atoms with Gasteiger partial charge in [-0.25, -0.2) is 29.9 Å². The Labute approximate surface area is 314 Å². The van der Waals surface area contributed by atoms with Crippen LogP contribution < -0.4 is 0 Å². The Morgan fingerprint density at radius 1 is 0.462 bits per heavy atom. The number of pyridine rings is 1. The molecule has 8 heteroatoms. The van der Waals surface area contributed by atoms with Gasteiger partial charge in [-0.3, -0.25) is 4.98 Å². The van der Waals surface area contributed by atoms with Crippen LogP contribution in [0, 0.1) is 39.0 Å². The molecule has 3 aromatic carbocycles. The molecule has 0 aliphatic heterocycles. The minimum Gasteiger partial charge on any atom is -0.255 e. The summed E-state index contributed by atoms with van der Waals surface area (Å²) in [4.78, 5) is 28.2. The highest BCUT2D eigenvalue weighted by Gasteiger charge is 2.02. The van der Waals surface area contributed by atoms with Crippen molar-refractivity contribution in [3.63, 3.8) is 0 Å². The fraction of sp³-hybridized carbons (Fsp3) is 0.318. The Kier molecular flexibility index (Phi) is 30.5. The topological polar surface area (TPSA) is 114 Å². The van der Waals surface area contributed by atoms with Gasteiger partial charge in [0.15, 0.2) is 0 Å². The van der Waals surface area contributed by atoms with Crippen molar-refractivity contribution >= 4 is 32.7 Å². The minimum absolute atomic E-state index is 0. The molecular weight excluding hydrogens is 641 g/mol. The van der Waals surface area contributed by atoms with Gasteiger partial charge in [0, 0.05) is 45.6 Å². The molecule has 4 heterocycles. The van der Waals surface area contributed by atoms with E-state index in [0.29, 0.717) is 5.56 Å². The number of benzene rings is 3. The maximum atomic E-state index is 8.79. The average molecular weight is 703 g/mol. The molecule has 0 saturated carbocycles. The standard InChI is InChI=1S/C11H8N2.2C9H8N2.C5H6N2.4C2H6.2CH4/c1-8-9(6-12)7-13-11-5-3-2-4-10(8)11;2*1-7-8-4-2-3-5-9(8)11-6-10-7;1-5-2-3-6-4-7-5;4*1-2;;/h2-5,7H,1H3;2*2-6H,1H3;2-4H,1H3;4*1-2H3;2*1H4. The summed E-state index contributed by atoms with van der Waals surface area (Å²) < 4.78 is 0. The molecule has 0 fully saturated rings. The summed E-state index contributed by atoms with van der Waals surface area (Å²) in [7, 11) is 0. The zero-order valence-corrected chi connectivity index (χ0v) is 32.0. The van der Waals surface area contributed by atoms with Crippen LogP contribution in [0.5, 0.6) is 0 Å². The monoisotopic (exact) mass is 703 g/mol. The van der Waals surface area contributed by atoms with Crippen LogP contribution >= 0.6 is 0 Å². The van der Waals surface area contributed by atoms with Crippen molar-refractivity contribution in [2.75, 3.05) is 0 Å². The summed E-state index contributed by atoms with van der Waals surface area (Å²) in [5.41, 5.74) is 7.71. The lowest BCUT2D eigenvalue weighted by Gasteiger charge is -2.01. The molecule has 0 atom stereocenters. The molecule has 0 unspecified atom stereocenters. The van der Waals surface area contributed by atoms with Gasteiger partial charge >= 0.3 is 0 Å². The SMILES string of the molecule is C.C.CC.CC.CC.CC.Cc1c(C#N)cnc2ccccc12.Cc1ccncn1.Cc1ncnc2ccccc12.Cc1ncnc2ccccc12. The predicted octanol–water partition coefficient (Wildman–Crippen LogP) is 12.5. The van der Waals surface area contributed by atoms with E-state index in [1.807, 2.05) is 162 Å². The molecule has 0 amide bonds. The molecule has 0 radical (unpaired) electrons. The highest BCUT2D eigenvalue weighted by Crippen LogP contribution is 2.18. The van der Waals surface area contributed by atoms with E-state index in [1.54, 1.807) is 25.0 Å². The van der Waals surface area contributed by atoms with Gasteiger partial charge < -0.3 is 0 Å². The fourth-order valence-electron chi connectivity index (χ4n) is 4.03. The van der Waals surface area contributed by atoms with E-state index in [4.69, 9.17) is 5.26 Å². The Balaban J connectivity index is -0.000000578. The third kappa shape index (κ3) is 16.8. The Morgan fingerprint density at radius 3 is 1.21 bits per heavy atom. The summed E-state index contributed by atoms with van der Waals surface area (Å²) >= 11 is 0. The normalized spacial score (nSPS) is 8.44. The number of nitrogens with zero attached hydrogens (tertiary/aromatic N) is 8. The van der Waals surface area contributed by atoms with Gasteiger partial charge in [0.2, 0.25) is 0 Å². The third-order valence-corrected chi connectivity index (χ3v) is 6.38. The largest absolute Gasteiger partial charge is 0.255 e. The molecule has 7 aromatic rings. The van der Waals surface area contributed by atoms with Crippen LogP contribution in [-0.4, -0.2) is 34.9 Å². The zero-order chi connectivity index (χ0) is 37.7. The Hall–Kier alpha value is -5.68. The third-order valence-electron chi connectivity index (χ3n) is 6.38. The van der Waals surface area contributed by atoms with Crippen LogP contribution in [0.15, 0.2) is 110 Å². The van der Waals surface area contributed by atoms with Gasteiger partial charge in [-0.2, -0.15) is 5.26 Å². The van der Waals surface area contributed by atoms with Gasteiger partial charge in [0.1, 0.15) is 25.1 Å². The fourth-order valence-corrected chi connectivity index (χ4v) is 4.03. The van der Waals surface area contributed by atoms with Gasteiger partial charge in [-0.15, -0.1) is 0 Å². The quantitative estimate of drug-likeness (QED) is 0.153. The van der Waals surface area contributed by atoms with Crippen molar-refractivity contribution in [1.29, 1.82) is 5.26 Å². The maximum absolute atomic E-state index is 8.79. The number of rotatable bonds is 0. The second-order valence-corrected chi connectivity index (χ2v) is 9.23. The highest BCUT2D eigenvalue weighted by atomic mass is 14.8. The number of aromatic nitrogens is 7. The summed E-state index contributed by atoms with van der Waals surface area (Å²) in [6.45, 7) is 23.9. The highest BCUT2D eigenvalue weighted by molar-refractivity contribution is 5.83. The van der Waals surface area contributed by atoms with Crippen LogP contribution in [-0.2, 0) is 0 Å². The smallest absolute Gasteiger partial charge is 0.116 e. The van der Waals surface area contributed by atoms with Gasteiger partial charge in [0.05, 0.1) is 22.1 Å². The molecule has 8 nitrogen and oxygen atoms in total. The van der Waals surface area contributed by atoms with Crippen LogP contribution in [0.3, 0.4) is 0 Å². The number of aryl methyl sites for hydroxylation is 4. The minimum atomic E-state index is 0. The van der Waals surface area contributed by atoms with E-state index in [2.05, 4.69) is 41.0 Å². The van der Waals surface area contributed by atoms with Crippen LogP contribution in [0.2, 0.25) is 0 Å². The first-order chi connectivity index (χ1) is 24.5. The lowest BCUT2D eigenvalue weighted by Crippen LogP contribution is -1.87. The second kappa shape index (κ2) is 31.3. The molecule has 7 rings (SSSR count). The lowest BCUT2D eigenvalue weighted by atomic mass is 10.1. The van der Waals surface area contributed by atoms with E-state index in [-0.39, 0.29) is 14.9 Å².